The van der Waals surface area contributed by atoms with Gasteiger partial charge in [0.15, 0.2) is 0 Å². The van der Waals surface area contributed by atoms with Crippen molar-refractivity contribution in [1.82, 2.24) is 14.9 Å². The fourth-order valence-corrected chi connectivity index (χ4v) is 3.10. The molecule has 132 valence electrons. The molecule has 1 fully saturated rings. The van der Waals surface area contributed by atoms with Gasteiger partial charge in [-0.3, -0.25) is 9.69 Å². The van der Waals surface area contributed by atoms with E-state index in [1.54, 1.807) is 30.3 Å². The second-order valence-electron chi connectivity index (χ2n) is 5.91. The van der Waals surface area contributed by atoms with Crippen molar-refractivity contribution in [2.75, 3.05) is 42.9 Å². The first-order valence-electron chi connectivity index (χ1n) is 8.03. The highest BCUT2D eigenvalue weighted by atomic mass is 35.5. The van der Waals surface area contributed by atoms with Crippen LogP contribution in [0.15, 0.2) is 30.3 Å². The number of rotatable bonds is 4. The summed E-state index contributed by atoms with van der Waals surface area (Å²) in [7, 11) is 0. The predicted octanol–water partition coefficient (Wildman–Crippen LogP) is 2.85. The first kappa shape index (κ1) is 17.9. The summed E-state index contributed by atoms with van der Waals surface area (Å²) in [5.41, 5.74) is 0.749. The zero-order valence-electron chi connectivity index (χ0n) is 13.9. The lowest BCUT2D eigenvalue weighted by atomic mass is 10.3. The number of nitrogens with zero attached hydrogens (tertiary/aromatic N) is 4. The molecule has 0 aliphatic carbocycles. The topological polar surface area (TPSA) is 61.4 Å². The first-order valence-corrected chi connectivity index (χ1v) is 8.79. The smallest absolute Gasteiger partial charge is 0.238 e. The van der Waals surface area contributed by atoms with Crippen LogP contribution in [0.2, 0.25) is 10.2 Å². The van der Waals surface area contributed by atoms with Gasteiger partial charge in [0.2, 0.25) is 5.91 Å². The Bertz CT molecular complexity index is 725. The molecule has 0 atom stereocenters. The zero-order chi connectivity index (χ0) is 17.8. The number of benzene rings is 1. The van der Waals surface area contributed by atoms with Crippen LogP contribution in [0.25, 0.3) is 0 Å². The minimum Gasteiger partial charge on any atom is -0.354 e. The van der Waals surface area contributed by atoms with Gasteiger partial charge in [0.25, 0.3) is 0 Å². The third-order valence-corrected chi connectivity index (χ3v) is 4.43. The van der Waals surface area contributed by atoms with Gasteiger partial charge in [-0.2, -0.15) is 0 Å². The van der Waals surface area contributed by atoms with Crippen LogP contribution < -0.4 is 10.2 Å². The van der Waals surface area contributed by atoms with Crippen molar-refractivity contribution in [3.05, 3.63) is 46.3 Å². The molecule has 1 aliphatic heterocycles. The highest BCUT2D eigenvalue weighted by Crippen LogP contribution is 2.18. The summed E-state index contributed by atoms with van der Waals surface area (Å²) in [5, 5.41) is 3.98. The molecule has 0 spiro atoms. The maximum Gasteiger partial charge on any atom is 0.238 e. The number of halogens is 2. The molecular weight excluding hydrogens is 361 g/mol. The molecule has 25 heavy (non-hydrogen) atoms. The summed E-state index contributed by atoms with van der Waals surface area (Å²) in [6, 6.07) is 8.87. The van der Waals surface area contributed by atoms with Crippen molar-refractivity contribution in [1.29, 1.82) is 0 Å². The van der Waals surface area contributed by atoms with Crippen molar-refractivity contribution in [2.24, 2.45) is 0 Å². The van der Waals surface area contributed by atoms with Crippen LogP contribution in [-0.2, 0) is 4.79 Å². The average molecular weight is 380 g/mol. The Labute approximate surface area is 156 Å². The monoisotopic (exact) mass is 379 g/mol. The first-order chi connectivity index (χ1) is 12.0. The number of hydrogen-bond acceptors (Lipinski definition) is 5. The van der Waals surface area contributed by atoms with Crippen LogP contribution in [0, 0.1) is 6.92 Å². The van der Waals surface area contributed by atoms with Gasteiger partial charge in [-0.15, -0.1) is 0 Å². The molecule has 0 saturated carbocycles. The SMILES string of the molecule is Cc1nc(Cl)cc(N2CCN(CC(=O)Nc3ccc(Cl)cc3)CC2)n1. The van der Waals surface area contributed by atoms with E-state index in [0.29, 0.717) is 22.5 Å². The predicted molar refractivity (Wildman–Crippen MR) is 101 cm³/mol. The molecule has 1 aromatic carbocycles. The second kappa shape index (κ2) is 7.99. The van der Waals surface area contributed by atoms with Crippen molar-refractivity contribution < 1.29 is 4.79 Å². The quantitative estimate of drug-likeness (QED) is 0.827. The van der Waals surface area contributed by atoms with E-state index in [1.807, 2.05) is 6.92 Å². The summed E-state index contributed by atoms with van der Waals surface area (Å²) in [5.74, 6) is 1.46. The van der Waals surface area contributed by atoms with Crippen LogP contribution in [0.4, 0.5) is 11.5 Å². The van der Waals surface area contributed by atoms with Gasteiger partial charge in [-0.1, -0.05) is 23.2 Å². The Balaban J connectivity index is 1.50. The maximum atomic E-state index is 12.2. The number of nitrogens with one attached hydrogen (secondary N) is 1. The van der Waals surface area contributed by atoms with E-state index < -0.39 is 0 Å². The number of aryl methyl sites for hydroxylation is 1. The number of hydrogen-bond donors (Lipinski definition) is 1. The third kappa shape index (κ3) is 5.04. The normalized spacial score (nSPS) is 15.2. The number of anilines is 2. The molecule has 1 amide bonds. The van der Waals surface area contributed by atoms with Crippen molar-refractivity contribution in [2.45, 2.75) is 6.92 Å². The fraction of sp³-hybridized carbons (Fsp3) is 0.353. The van der Waals surface area contributed by atoms with Gasteiger partial charge in [0.05, 0.1) is 6.54 Å². The lowest BCUT2D eigenvalue weighted by Crippen LogP contribution is -2.49. The highest BCUT2D eigenvalue weighted by Gasteiger charge is 2.20. The van der Waals surface area contributed by atoms with E-state index in [9.17, 15) is 4.79 Å². The molecule has 8 heteroatoms. The van der Waals surface area contributed by atoms with Crippen LogP contribution in [0.3, 0.4) is 0 Å². The molecule has 0 radical (unpaired) electrons. The summed E-state index contributed by atoms with van der Waals surface area (Å²) in [6.45, 7) is 5.35. The Kier molecular flexibility index (Phi) is 5.73. The molecule has 6 nitrogen and oxygen atoms in total. The van der Waals surface area contributed by atoms with E-state index in [0.717, 1.165) is 37.7 Å². The van der Waals surface area contributed by atoms with Gasteiger partial charge < -0.3 is 10.2 Å². The number of carbonyl (C=O) groups is 1. The Morgan fingerprint density at radius 3 is 2.44 bits per heavy atom. The lowest BCUT2D eigenvalue weighted by molar-refractivity contribution is -0.117. The van der Waals surface area contributed by atoms with Gasteiger partial charge >= 0.3 is 0 Å². The van der Waals surface area contributed by atoms with Gasteiger partial charge in [0.1, 0.15) is 16.8 Å². The number of carbonyl (C=O) groups excluding carboxylic acids is 1. The Hall–Kier alpha value is -1.89. The van der Waals surface area contributed by atoms with E-state index in [4.69, 9.17) is 23.2 Å². The zero-order valence-corrected chi connectivity index (χ0v) is 15.4. The van der Waals surface area contributed by atoms with E-state index in [2.05, 4.69) is 25.1 Å². The van der Waals surface area contributed by atoms with Crippen LogP contribution in [0.5, 0.6) is 0 Å². The van der Waals surface area contributed by atoms with Gasteiger partial charge in [-0.05, 0) is 31.2 Å². The highest BCUT2D eigenvalue weighted by molar-refractivity contribution is 6.30. The lowest BCUT2D eigenvalue weighted by Gasteiger charge is -2.35. The summed E-state index contributed by atoms with van der Waals surface area (Å²) in [4.78, 5) is 25.0. The summed E-state index contributed by atoms with van der Waals surface area (Å²) < 4.78 is 0. The largest absolute Gasteiger partial charge is 0.354 e. The molecule has 2 aromatic rings. The molecule has 1 saturated heterocycles. The van der Waals surface area contributed by atoms with Crippen LogP contribution >= 0.6 is 23.2 Å². The van der Waals surface area contributed by atoms with Crippen LogP contribution in [-0.4, -0.2) is 53.5 Å². The molecule has 1 N–H and O–H groups in total. The summed E-state index contributed by atoms with van der Waals surface area (Å²) >= 11 is 11.8. The summed E-state index contributed by atoms with van der Waals surface area (Å²) in [6.07, 6.45) is 0. The van der Waals surface area contributed by atoms with E-state index in [-0.39, 0.29) is 5.91 Å². The van der Waals surface area contributed by atoms with Gasteiger partial charge in [-0.25, -0.2) is 9.97 Å². The van der Waals surface area contributed by atoms with Crippen molar-refractivity contribution in [3.63, 3.8) is 0 Å². The van der Waals surface area contributed by atoms with Crippen LogP contribution in [0.1, 0.15) is 5.82 Å². The number of piperazine rings is 1. The standard InChI is InChI=1S/C17H19Cl2N5O/c1-12-20-15(19)10-16(21-12)24-8-6-23(7-9-24)11-17(25)22-14-4-2-13(18)3-5-14/h2-5,10H,6-9,11H2,1H3,(H,22,25). The van der Waals surface area contributed by atoms with E-state index in [1.165, 1.54) is 0 Å². The average Bonchev–Trinajstić information content (AvgIpc) is 2.57. The number of aromatic nitrogens is 2. The third-order valence-electron chi connectivity index (χ3n) is 3.98. The molecule has 0 bridgehead atoms. The minimum atomic E-state index is -0.0308. The second-order valence-corrected chi connectivity index (χ2v) is 6.74. The molecule has 1 aromatic heterocycles. The molecular formula is C17H19Cl2N5O. The molecule has 1 aliphatic rings. The van der Waals surface area contributed by atoms with Crippen molar-refractivity contribution in [3.8, 4) is 0 Å². The van der Waals surface area contributed by atoms with E-state index >= 15 is 0 Å². The fourth-order valence-electron chi connectivity index (χ4n) is 2.75. The van der Waals surface area contributed by atoms with Crippen molar-refractivity contribution >= 4 is 40.6 Å². The van der Waals surface area contributed by atoms with Gasteiger partial charge in [0, 0.05) is 43.0 Å². The molecule has 3 rings (SSSR count). The maximum absolute atomic E-state index is 12.2. The molecule has 2 heterocycles. The molecule has 0 unspecified atom stereocenters. The minimum absolute atomic E-state index is 0.0308. The Morgan fingerprint density at radius 2 is 1.80 bits per heavy atom. The Morgan fingerprint density at radius 1 is 1.12 bits per heavy atom. The number of amides is 1.